The average molecular weight is 368 g/mol. The number of rotatable bonds is 3. The number of sulfonamides is 1. The fourth-order valence-corrected chi connectivity index (χ4v) is 6.24. The normalized spacial score (nSPS) is 26.7. The summed E-state index contributed by atoms with van der Waals surface area (Å²) in [5, 5.41) is 0. The third kappa shape index (κ3) is 2.91. The van der Waals surface area contributed by atoms with Crippen molar-refractivity contribution in [2.45, 2.75) is 37.1 Å². The molecule has 0 unspecified atom stereocenters. The smallest absolute Gasteiger partial charge is 0.207 e. The first kappa shape index (κ1) is 17.5. The molecule has 0 bridgehead atoms. The zero-order valence-corrected chi connectivity index (χ0v) is 16.0. The van der Waals surface area contributed by atoms with Crippen LogP contribution in [0.3, 0.4) is 0 Å². The summed E-state index contributed by atoms with van der Waals surface area (Å²) in [4.78, 5) is 0.369. The molecule has 1 saturated heterocycles. The van der Waals surface area contributed by atoms with Gasteiger partial charge in [-0.1, -0.05) is 66.6 Å². The van der Waals surface area contributed by atoms with E-state index >= 15 is 0 Å². The number of aryl methyl sites for hydroxylation is 1. The molecule has 1 aliphatic heterocycles. The van der Waals surface area contributed by atoms with Crippen molar-refractivity contribution in [3.8, 4) is 0 Å². The van der Waals surface area contributed by atoms with Crippen molar-refractivity contribution in [1.82, 2.24) is 4.31 Å². The molecule has 1 heterocycles. The molecule has 2 aromatic carbocycles. The van der Waals surface area contributed by atoms with E-state index < -0.39 is 10.0 Å². The molecule has 3 nitrogen and oxygen atoms in total. The number of piperidine rings is 1. The highest BCUT2D eigenvalue weighted by Crippen LogP contribution is 2.49. The first-order chi connectivity index (χ1) is 12.5. The van der Waals surface area contributed by atoms with Crippen molar-refractivity contribution in [2.24, 2.45) is 11.8 Å². The van der Waals surface area contributed by atoms with Crippen molar-refractivity contribution in [3.05, 3.63) is 77.9 Å². The van der Waals surface area contributed by atoms with Crippen LogP contribution in [0.25, 0.3) is 0 Å². The van der Waals surface area contributed by atoms with Gasteiger partial charge in [0.2, 0.25) is 10.0 Å². The first-order valence-corrected chi connectivity index (χ1v) is 10.7. The SMILES string of the molecule is C=C1[C@H]2CCC[C@H]2CN(S(=O)(=O)c2ccc(C)cc2)[C@@H]1c1ccccc1. The maximum absolute atomic E-state index is 13.5. The van der Waals surface area contributed by atoms with Crippen LogP contribution < -0.4 is 0 Å². The van der Waals surface area contributed by atoms with Gasteiger partial charge in [0.15, 0.2) is 0 Å². The molecule has 0 aromatic heterocycles. The molecule has 0 N–H and O–H groups in total. The van der Waals surface area contributed by atoms with Crippen LogP contribution in [0.5, 0.6) is 0 Å². The van der Waals surface area contributed by atoms with Gasteiger partial charge in [-0.05, 0) is 49.3 Å². The standard InChI is InChI=1S/C22H25NO2S/c1-16-11-13-20(14-12-16)26(24,25)23-15-19-9-6-10-21(19)17(2)22(23)18-7-4-3-5-8-18/h3-5,7-8,11-14,19,21-22H,2,6,9-10,15H2,1H3/t19-,21+,22-/m0/s1. The average Bonchev–Trinajstić information content (AvgIpc) is 3.12. The van der Waals surface area contributed by atoms with Gasteiger partial charge in [-0.25, -0.2) is 8.42 Å². The summed E-state index contributed by atoms with van der Waals surface area (Å²) >= 11 is 0. The Morgan fingerprint density at radius 1 is 1.00 bits per heavy atom. The van der Waals surface area contributed by atoms with E-state index in [1.165, 1.54) is 0 Å². The van der Waals surface area contributed by atoms with E-state index in [0.29, 0.717) is 23.3 Å². The van der Waals surface area contributed by atoms with E-state index in [1.54, 1.807) is 16.4 Å². The minimum atomic E-state index is -3.58. The highest BCUT2D eigenvalue weighted by atomic mass is 32.2. The lowest BCUT2D eigenvalue weighted by atomic mass is 9.79. The molecule has 0 spiro atoms. The predicted octanol–water partition coefficient (Wildman–Crippen LogP) is 4.71. The minimum absolute atomic E-state index is 0.276. The van der Waals surface area contributed by atoms with E-state index in [2.05, 4.69) is 6.58 Å². The van der Waals surface area contributed by atoms with Crippen LogP contribution in [0.15, 0.2) is 71.6 Å². The number of benzene rings is 2. The molecule has 2 aromatic rings. The van der Waals surface area contributed by atoms with Gasteiger partial charge in [0.1, 0.15) is 0 Å². The predicted molar refractivity (Wildman–Crippen MR) is 104 cm³/mol. The summed E-state index contributed by atoms with van der Waals surface area (Å²) in [5.74, 6) is 0.826. The van der Waals surface area contributed by atoms with Crippen molar-refractivity contribution in [1.29, 1.82) is 0 Å². The van der Waals surface area contributed by atoms with Crippen LogP contribution in [0.1, 0.15) is 36.4 Å². The number of hydrogen-bond donors (Lipinski definition) is 0. The first-order valence-electron chi connectivity index (χ1n) is 9.30. The van der Waals surface area contributed by atoms with Gasteiger partial charge >= 0.3 is 0 Å². The Bertz CT molecular complexity index is 903. The van der Waals surface area contributed by atoms with Gasteiger partial charge in [0, 0.05) is 6.54 Å². The fraction of sp³-hybridized carbons (Fsp3) is 0.364. The lowest BCUT2D eigenvalue weighted by molar-refractivity contribution is 0.215. The quantitative estimate of drug-likeness (QED) is 0.737. The maximum atomic E-state index is 13.5. The Kier molecular flexibility index (Phi) is 4.49. The van der Waals surface area contributed by atoms with E-state index in [-0.39, 0.29) is 6.04 Å². The Morgan fingerprint density at radius 3 is 2.38 bits per heavy atom. The molecule has 2 aliphatic rings. The summed E-state index contributed by atoms with van der Waals surface area (Å²) < 4.78 is 28.7. The summed E-state index contributed by atoms with van der Waals surface area (Å²) in [6, 6.07) is 16.8. The summed E-state index contributed by atoms with van der Waals surface area (Å²) in [6.45, 7) is 6.93. The Labute approximate surface area is 156 Å². The van der Waals surface area contributed by atoms with E-state index in [0.717, 1.165) is 36.0 Å². The molecule has 0 radical (unpaired) electrons. The maximum Gasteiger partial charge on any atom is 0.243 e. The zero-order chi connectivity index (χ0) is 18.3. The molecule has 136 valence electrons. The Morgan fingerprint density at radius 2 is 1.69 bits per heavy atom. The van der Waals surface area contributed by atoms with E-state index in [4.69, 9.17) is 0 Å². The van der Waals surface area contributed by atoms with Gasteiger partial charge in [-0.15, -0.1) is 0 Å². The number of hydrogen-bond acceptors (Lipinski definition) is 2. The Hall–Kier alpha value is -1.91. The lowest BCUT2D eigenvalue weighted by Gasteiger charge is -2.43. The van der Waals surface area contributed by atoms with Gasteiger partial charge in [-0.2, -0.15) is 4.31 Å². The second-order valence-electron chi connectivity index (χ2n) is 7.57. The van der Waals surface area contributed by atoms with Gasteiger partial charge in [0.05, 0.1) is 10.9 Å². The van der Waals surface area contributed by atoms with Gasteiger partial charge in [-0.3, -0.25) is 0 Å². The van der Waals surface area contributed by atoms with Crippen LogP contribution in [0.4, 0.5) is 0 Å². The summed E-state index contributed by atoms with van der Waals surface area (Å²) in [7, 11) is -3.58. The van der Waals surface area contributed by atoms with Gasteiger partial charge in [0.25, 0.3) is 0 Å². The molecule has 4 heteroatoms. The van der Waals surface area contributed by atoms with Crippen molar-refractivity contribution < 1.29 is 8.42 Å². The largest absolute Gasteiger partial charge is 0.243 e. The van der Waals surface area contributed by atoms with E-state index in [1.807, 2.05) is 49.4 Å². The lowest BCUT2D eigenvalue weighted by Crippen LogP contribution is -2.45. The van der Waals surface area contributed by atoms with Crippen molar-refractivity contribution >= 4 is 10.0 Å². The zero-order valence-electron chi connectivity index (χ0n) is 15.1. The summed E-state index contributed by atoms with van der Waals surface area (Å²) in [5.41, 5.74) is 3.13. The molecule has 2 fully saturated rings. The number of fused-ring (bicyclic) bond motifs is 1. The second-order valence-corrected chi connectivity index (χ2v) is 9.46. The van der Waals surface area contributed by atoms with Gasteiger partial charge < -0.3 is 0 Å². The monoisotopic (exact) mass is 367 g/mol. The van der Waals surface area contributed by atoms with Crippen LogP contribution in [-0.4, -0.2) is 19.3 Å². The van der Waals surface area contributed by atoms with Crippen LogP contribution in [0.2, 0.25) is 0 Å². The van der Waals surface area contributed by atoms with Crippen LogP contribution in [-0.2, 0) is 10.0 Å². The Balaban J connectivity index is 1.80. The number of nitrogens with zero attached hydrogens (tertiary/aromatic N) is 1. The highest BCUT2D eigenvalue weighted by Gasteiger charge is 2.46. The molecule has 0 amide bonds. The van der Waals surface area contributed by atoms with E-state index in [9.17, 15) is 8.42 Å². The third-order valence-electron chi connectivity index (χ3n) is 5.93. The molecule has 1 aliphatic carbocycles. The van der Waals surface area contributed by atoms with Crippen molar-refractivity contribution in [3.63, 3.8) is 0 Å². The topological polar surface area (TPSA) is 37.4 Å². The van der Waals surface area contributed by atoms with Crippen molar-refractivity contribution in [2.75, 3.05) is 6.54 Å². The van der Waals surface area contributed by atoms with Crippen LogP contribution >= 0.6 is 0 Å². The minimum Gasteiger partial charge on any atom is -0.207 e. The van der Waals surface area contributed by atoms with Crippen LogP contribution in [0, 0.1) is 18.8 Å². The molecular formula is C22H25NO2S. The molecule has 3 atom stereocenters. The molecule has 26 heavy (non-hydrogen) atoms. The second kappa shape index (κ2) is 6.67. The summed E-state index contributed by atoms with van der Waals surface area (Å²) in [6.07, 6.45) is 3.38. The molecule has 4 rings (SSSR count). The fourth-order valence-electron chi connectivity index (χ4n) is 4.57. The molecular weight excluding hydrogens is 342 g/mol. The highest BCUT2D eigenvalue weighted by molar-refractivity contribution is 7.89. The third-order valence-corrected chi connectivity index (χ3v) is 7.78. The molecule has 1 saturated carbocycles.